The van der Waals surface area contributed by atoms with Crippen molar-refractivity contribution in [3.8, 4) is 5.75 Å². The summed E-state index contributed by atoms with van der Waals surface area (Å²) in [5, 5.41) is 0.299. The second-order valence-electron chi connectivity index (χ2n) is 2.44. The fraction of sp³-hybridized carbons (Fsp3) is 0.375. The number of methoxy groups -OCH3 is 1. The van der Waals surface area contributed by atoms with Crippen LogP contribution in [0.1, 0.15) is 17.7 Å². The third-order valence-corrected chi connectivity index (χ3v) is 2.65. The molecule has 0 radical (unpaired) electrons. The van der Waals surface area contributed by atoms with E-state index in [2.05, 4.69) is 20.9 Å². The first-order chi connectivity index (χ1) is 6.61. The minimum atomic E-state index is -2.67. The molecule has 0 fully saturated rings. The zero-order valence-electron chi connectivity index (χ0n) is 7.23. The van der Waals surface area contributed by atoms with Gasteiger partial charge in [-0.05, 0) is 0 Å². The van der Waals surface area contributed by atoms with E-state index in [1.165, 1.54) is 13.3 Å². The maximum atomic E-state index is 12.4. The van der Waals surface area contributed by atoms with E-state index in [-0.39, 0.29) is 5.02 Å². The molecule has 0 saturated carbocycles. The number of aromatic nitrogens is 1. The van der Waals surface area contributed by atoms with E-state index in [9.17, 15) is 8.78 Å². The second-order valence-corrected chi connectivity index (χ2v) is 3.38. The largest absolute Gasteiger partial charge is 0.495 e. The third kappa shape index (κ3) is 2.15. The number of ether oxygens (including phenoxy) is 1. The molecule has 0 unspecified atom stereocenters. The van der Waals surface area contributed by atoms with E-state index < -0.39 is 12.1 Å². The third-order valence-electron chi connectivity index (χ3n) is 1.67. The highest BCUT2D eigenvalue weighted by molar-refractivity contribution is 9.08. The summed E-state index contributed by atoms with van der Waals surface area (Å²) in [5.41, 5.74) is 0.0707. The zero-order chi connectivity index (χ0) is 10.7. The van der Waals surface area contributed by atoms with E-state index in [4.69, 9.17) is 16.3 Å². The number of alkyl halides is 3. The van der Waals surface area contributed by atoms with Crippen molar-refractivity contribution in [1.82, 2.24) is 4.98 Å². The normalized spacial score (nSPS) is 10.7. The lowest BCUT2D eigenvalue weighted by Gasteiger charge is -2.10. The molecule has 78 valence electrons. The van der Waals surface area contributed by atoms with Gasteiger partial charge in [-0.15, -0.1) is 0 Å². The van der Waals surface area contributed by atoms with Crippen molar-refractivity contribution in [3.05, 3.63) is 22.5 Å². The number of hydrogen-bond acceptors (Lipinski definition) is 2. The number of rotatable bonds is 3. The van der Waals surface area contributed by atoms with Crippen LogP contribution in [0.25, 0.3) is 0 Å². The van der Waals surface area contributed by atoms with Crippen molar-refractivity contribution >= 4 is 27.5 Å². The quantitative estimate of drug-likeness (QED) is 0.792. The highest BCUT2D eigenvalue weighted by Crippen LogP contribution is 2.34. The lowest BCUT2D eigenvalue weighted by Crippen LogP contribution is -1.98. The van der Waals surface area contributed by atoms with Gasteiger partial charge in [-0.3, -0.25) is 0 Å². The molecular weight excluding hydrogens is 279 g/mol. The second kappa shape index (κ2) is 4.89. The Morgan fingerprint density at radius 3 is 2.71 bits per heavy atom. The Labute approximate surface area is 93.4 Å². The van der Waals surface area contributed by atoms with Gasteiger partial charge >= 0.3 is 0 Å². The molecule has 1 heterocycles. The number of halogens is 4. The molecule has 14 heavy (non-hydrogen) atoms. The summed E-state index contributed by atoms with van der Waals surface area (Å²) >= 11 is 8.88. The molecule has 2 nitrogen and oxygen atoms in total. The molecule has 6 heteroatoms. The van der Waals surface area contributed by atoms with Crippen LogP contribution < -0.4 is 4.74 Å². The Kier molecular flexibility index (Phi) is 4.07. The first kappa shape index (κ1) is 11.7. The molecule has 0 amide bonds. The predicted octanol–water partition coefficient (Wildman–Crippen LogP) is 3.58. The van der Waals surface area contributed by atoms with Gasteiger partial charge in [0.25, 0.3) is 6.43 Å². The summed E-state index contributed by atoms with van der Waals surface area (Å²) in [6, 6.07) is 0. The molecule has 0 N–H and O–H groups in total. The zero-order valence-corrected chi connectivity index (χ0v) is 9.57. The molecule has 1 rings (SSSR count). The first-order valence-electron chi connectivity index (χ1n) is 3.67. The molecule has 0 aliphatic heterocycles. The minimum Gasteiger partial charge on any atom is -0.495 e. The molecular formula is C8H7BrClF2NO. The van der Waals surface area contributed by atoms with Crippen LogP contribution in [0.2, 0.25) is 5.02 Å². The van der Waals surface area contributed by atoms with Crippen LogP contribution in [0.4, 0.5) is 8.78 Å². The van der Waals surface area contributed by atoms with Crippen LogP contribution in [-0.2, 0) is 5.33 Å². The number of pyridine rings is 1. The van der Waals surface area contributed by atoms with Gasteiger partial charge in [0, 0.05) is 10.9 Å². The Balaban J connectivity index is 3.27. The van der Waals surface area contributed by atoms with Crippen molar-refractivity contribution in [1.29, 1.82) is 0 Å². The minimum absolute atomic E-state index is 0.0452. The van der Waals surface area contributed by atoms with Gasteiger partial charge in [-0.2, -0.15) is 0 Å². The van der Waals surface area contributed by atoms with E-state index >= 15 is 0 Å². The van der Waals surface area contributed by atoms with Gasteiger partial charge in [-0.1, -0.05) is 27.5 Å². The average molecular weight is 287 g/mol. The highest BCUT2D eigenvalue weighted by Gasteiger charge is 2.19. The van der Waals surface area contributed by atoms with Crippen molar-refractivity contribution in [2.75, 3.05) is 7.11 Å². The maximum absolute atomic E-state index is 12.4. The molecule has 0 aliphatic carbocycles. The molecule has 1 aromatic rings. The van der Waals surface area contributed by atoms with Crippen molar-refractivity contribution < 1.29 is 13.5 Å². The van der Waals surface area contributed by atoms with Crippen LogP contribution in [0, 0.1) is 0 Å². The molecule has 0 saturated heterocycles. The van der Waals surface area contributed by atoms with E-state index in [1.54, 1.807) is 0 Å². The Bertz CT molecular complexity index is 335. The van der Waals surface area contributed by atoms with Crippen molar-refractivity contribution in [3.63, 3.8) is 0 Å². The lowest BCUT2D eigenvalue weighted by atomic mass is 10.2. The number of nitrogens with zero attached hydrogens (tertiary/aromatic N) is 1. The van der Waals surface area contributed by atoms with E-state index in [0.29, 0.717) is 16.6 Å². The molecule has 1 aromatic heterocycles. The fourth-order valence-electron chi connectivity index (χ4n) is 0.978. The molecule has 0 spiro atoms. The SMILES string of the molecule is COc1cnc(C(F)F)c(Cl)c1CBr. The number of hydrogen-bond donors (Lipinski definition) is 0. The summed E-state index contributed by atoms with van der Waals surface area (Å²) in [7, 11) is 1.43. The van der Waals surface area contributed by atoms with Crippen LogP contribution in [0.15, 0.2) is 6.20 Å². The maximum Gasteiger partial charge on any atom is 0.281 e. The van der Waals surface area contributed by atoms with Crippen LogP contribution in [0.5, 0.6) is 5.75 Å². The Morgan fingerprint density at radius 2 is 2.29 bits per heavy atom. The summed E-state index contributed by atoms with van der Waals surface area (Å²) in [6.45, 7) is 0. The van der Waals surface area contributed by atoms with Gasteiger partial charge in [-0.25, -0.2) is 13.8 Å². The van der Waals surface area contributed by atoms with Gasteiger partial charge in [0.2, 0.25) is 0 Å². The van der Waals surface area contributed by atoms with Gasteiger partial charge in [0.1, 0.15) is 11.4 Å². The smallest absolute Gasteiger partial charge is 0.281 e. The van der Waals surface area contributed by atoms with Gasteiger partial charge in [0.05, 0.1) is 18.3 Å². The molecule has 0 aromatic carbocycles. The standard InChI is InChI=1S/C8H7BrClF2NO/c1-14-5-3-13-7(8(11)12)6(10)4(5)2-9/h3,8H,2H2,1H3. The van der Waals surface area contributed by atoms with Crippen LogP contribution >= 0.6 is 27.5 Å². The fourth-order valence-corrected chi connectivity index (χ4v) is 1.99. The summed E-state index contributed by atoms with van der Waals surface area (Å²) < 4.78 is 29.7. The predicted molar refractivity (Wildman–Crippen MR) is 53.4 cm³/mol. The van der Waals surface area contributed by atoms with Crippen molar-refractivity contribution in [2.24, 2.45) is 0 Å². The lowest BCUT2D eigenvalue weighted by molar-refractivity contribution is 0.146. The van der Waals surface area contributed by atoms with Crippen molar-refractivity contribution in [2.45, 2.75) is 11.8 Å². The first-order valence-corrected chi connectivity index (χ1v) is 5.17. The monoisotopic (exact) mass is 285 g/mol. The summed E-state index contributed by atoms with van der Waals surface area (Å²) in [5.74, 6) is 0.399. The summed E-state index contributed by atoms with van der Waals surface area (Å²) in [4.78, 5) is 3.53. The Morgan fingerprint density at radius 1 is 1.64 bits per heavy atom. The topological polar surface area (TPSA) is 22.1 Å². The average Bonchev–Trinajstić information content (AvgIpc) is 2.16. The Hall–Kier alpha value is -0.420. The van der Waals surface area contributed by atoms with Crippen LogP contribution in [0.3, 0.4) is 0 Å². The molecule has 0 atom stereocenters. The molecule has 0 bridgehead atoms. The van der Waals surface area contributed by atoms with E-state index in [0.717, 1.165) is 0 Å². The van der Waals surface area contributed by atoms with Gasteiger partial charge < -0.3 is 4.74 Å². The van der Waals surface area contributed by atoms with Crippen LogP contribution in [-0.4, -0.2) is 12.1 Å². The highest BCUT2D eigenvalue weighted by atomic mass is 79.9. The summed E-state index contributed by atoms with van der Waals surface area (Å²) in [6.07, 6.45) is -1.43. The molecule has 0 aliphatic rings. The van der Waals surface area contributed by atoms with E-state index in [1.807, 2.05) is 0 Å². The van der Waals surface area contributed by atoms with Gasteiger partial charge in [0.15, 0.2) is 0 Å².